The number of anilines is 1. The minimum absolute atomic E-state index is 0.124. The second kappa shape index (κ2) is 14.3. The molecule has 2 aromatic carbocycles. The number of esters is 1. The minimum atomic E-state index is -0.901. The number of nitrogens with one attached hydrogen (secondary N) is 4. The molecule has 0 saturated carbocycles. The Hall–Kier alpha value is -4.45. The fourth-order valence-electron chi connectivity index (χ4n) is 4.42. The van der Waals surface area contributed by atoms with Crippen molar-refractivity contribution < 1.29 is 38.1 Å². The van der Waals surface area contributed by atoms with E-state index in [-0.39, 0.29) is 23.9 Å². The van der Waals surface area contributed by atoms with Crippen LogP contribution in [0.15, 0.2) is 54.2 Å². The number of hydrogen-bond acceptors (Lipinski definition) is 8. The van der Waals surface area contributed by atoms with Gasteiger partial charge in [0.15, 0.2) is 6.23 Å². The summed E-state index contributed by atoms with van der Waals surface area (Å²) in [4.78, 5) is 50.9. The smallest absolute Gasteiger partial charge is 0.325 e. The molecule has 0 aliphatic carbocycles. The van der Waals surface area contributed by atoms with Crippen LogP contribution in [0.25, 0.3) is 0 Å². The van der Waals surface area contributed by atoms with Crippen molar-refractivity contribution in [2.45, 2.75) is 44.9 Å². The first-order valence-electron chi connectivity index (χ1n) is 13.1. The van der Waals surface area contributed by atoms with E-state index >= 15 is 0 Å². The van der Waals surface area contributed by atoms with Gasteiger partial charge in [-0.2, -0.15) is 0 Å². The van der Waals surface area contributed by atoms with Gasteiger partial charge in [-0.05, 0) is 54.3 Å². The zero-order chi connectivity index (χ0) is 30.1. The van der Waals surface area contributed by atoms with E-state index in [0.29, 0.717) is 17.9 Å². The fraction of sp³-hybridized carbons (Fsp3) is 0.379. The summed E-state index contributed by atoms with van der Waals surface area (Å²) in [5.74, 6) is -2.94. The van der Waals surface area contributed by atoms with Crippen molar-refractivity contribution in [2.75, 3.05) is 26.1 Å². The van der Waals surface area contributed by atoms with Crippen LogP contribution in [0.5, 0.6) is 5.75 Å². The average Bonchev–Trinajstić information content (AvgIpc) is 3.30. The predicted octanol–water partition coefficient (Wildman–Crippen LogP) is 1.72. The SMILES string of the molecule is CO.COC(=O)CNC(=O)/C1=C\[C@@H]2c3cc(ccc3O[C@H]2Nc2ccc(F)cc2)CCC(=O)NC(C(C)C)C(=O)N1. The molecule has 220 valence electrons. The fourth-order valence-corrected chi connectivity index (χ4v) is 4.42. The molecule has 41 heavy (non-hydrogen) atoms. The first-order valence-corrected chi connectivity index (χ1v) is 13.1. The molecule has 0 fully saturated rings. The lowest BCUT2D eigenvalue weighted by Crippen LogP contribution is -2.51. The number of aryl methyl sites for hydroxylation is 1. The molecule has 2 aliphatic heterocycles. The van der Waals surface area contributed by atoms with Crippen LogP contribution in [0.1, 0.15) is 37.3 Å². The number of amides is 3. The summed E-state index contributed by atoms with van der Waals surface area (Å²) in [5, 5.41) is 18.1. The number of carbonyl (C=O) groups is 4. The highest BCUT2D eigenvalue weighted by Crippen LogP contribution is 2.41. The molecule has 12 heteroatoms. The first-order chi connectivity index (χ1) is 19.6. The molecule has 3 amide bonds. The van der Waals surface area contributed by atoms with Gasteiger partial charge in [0.25, 0.3) is 5.91 Å². The monoisotopic (exact) mass is 570 g/mol. The molecular weight excluding hydrogens is 535 g/mol. The number of benzene rings is 2. The van der Waals surface area contributed by atoms with Crippen molar-refractivity contribution >= 4 is 29.4 Å². The number of ether oxygens (including phenoxy) is 2. The van der Waals surface area contributed by atoms with Crippen LogP contribution in [0.4, 0.5) is 10.1 Å². The standard InChI is InChI=1S/C28H31FN4O6.CH4O/c1-15(2)25-27(37)32-21(26(36)30-14-24(35)38-3)13-20-19-12-16(5-11-23(34)33-25)4-10-22(19)39-28(20)31-18-8-6-17(29)7-9-18;1-2/h4,6-10,12-13,15,20,25,28,31H,5,11,14H2,1-3H3,(H,30,36)(H,32,37)(H,33,34);2H,1H3/b21-13+;/t20-,25?,28-;/m1./s1. The number of aliphatic hydroxyl groups excluding tert-OH is 1. The Morgan fingerprint density at radius 1 is 1.12 bits per heavy atom. The molecular formula is C29H35FN4O7. The van der Waals surface area contributed by atoms with Gasteiger partial charge in [-0.25, -0.2) is 4.39 Å². The molecule has 2 aliphatic rings. The summed E-state index contributed by atoms with van der Waals surface area (Å²) in [7, 11) is 2.19. The Labute approximate surface area is 237 Å². The zero-order valence-corrected chi connectivity index (χ0v) is 23.3. The maximum atomic E-state index is 13.5. The highest BCUT2D eigenvalue weighted by atomic mass is 19.1. The van der Waals surface area contributed by atoms with Crippen LogP contribution in [0.2, 0.25) is 0 Å². The van der Waals surface area contributed by atoms with Gasteiger partial charge in [-0.1, -0.05) is 26.0 Å². The van der Waals surface area contributed by atoms with Gasteiger partial charge in [-0.3, -0.25) is 19.2 Å². The summed E-state index contributed by atoms with van der Waals surface area (Å²) in [6.07, 6.45) is 1.44. The Morgan fingerprint density at radius 3 is 2.49 bits per heavy atom. The lowest BCUT2D eigenvalue weighted by atomic mass is 9.94. The van der Waals surface area contributed by atoms with Gasteiger partial charge < -0.3 is 35.8 Å². The quantitative estimate of drug-likeness (QED) is 0.329. The van der Waals surface area contributed by atoms with E-state index in [9.17, 15) is 23.6 Å². The maximum Gasteiger partial charge on any atom is 0.325 e. The average molecular weight is 571 g/mol. The molecule has 4 rings (SSSR count). The van der Waals surface area contributed by atoms with E-state index in [2.05, 4.69) is 26.0 Å². The van der Waals surface area contributed by atoms with Gasteiger partial charge in [0.1, 0.15) is 29.9 Å². The number of rotatable bonds is 6. The Morgan fingerprint density at radius 2 is 1.83 bits per heavy atom. The summed E-state index contributed by atoms with van der Waals surface area (Å²) in [6.45, 7) is 3.16. The third-order valence-corrected chi connectivity index (χ3v) is 6.54. The van der Waals surface area contributed by atoms with Gasteiger partial charge in [-0.15, -0.1) is 0 Å². The highest BCUT2D eigenvalue weighted by Gasteiger charge is 2.36. The zero-order valence-electron chi connectivity index (χ0n) is 23.3. The van der Waals surface area contributed by atoms with Crippen LogP contribution >= 0.6 is 0 Å². The number of aliphatic hydroxyl groups is 1. The Balaban J connectivity index is 0.00000226. The Bertz CT molecular complexity index is 1300. The summed E-state index contributed by atoms with van der Waals surface area (Å²) in [6, 6.07) is 10.4. The van der Waals surface area contributed by atoms with Crippen LogP contribution in [0, 0.1) is 11.7 Å². The summed E-state index contributed by atoms with van der Waals surface area (Å²) >= 11 is 0. The molecule has 0 aromatic heterocycles. The van der Waals surface area contributed by atoms with Crippen molar-refractivity contribution in [3.8, 4) is 5.75 Å². The molecule has 3 atom stereocenters. The van der Waals surface area contributed by atoms with Crippen molar-refractivity contribution in [1.29, 1.82) is 0 Å². The van der Waals surface area contributed by atoms with Crippen LogP contribution < -0.4 is 26.0 Å². The number of hydrogen-bond donors (Lipinski definition) is 5. The van der Waals surface area contributed by atoms with E-state index in [0.717, 1.165) is 18.2 Å². The number of methoxy groups -OCH3 is 1. The minimum Gasteiger partial charge on any atom is -0.469 e. The number of carbonyl (C=O) groups excluding carboxylic acids is 4. The first kappa shape index (κ1) is 31.1. The van der Waals surface area contributed by atoms with E-state index in [1.807, 2.05) is 12.1 Å². The topological polar surface area (TPSA) is 155 Å². The summed E-state index contributed by atoms with van der Waals surface area (Å²) < 4.78 is 24.2. The number of fused-ring (bicyclic) bond motifs is 1. The molecule has 2 heterocycles. The molecule has 2 bridgehead atoms. The van der Waals surface area contributed by atoms with Gasteiger partial charge in [0.2, 0.25) is 11.8 Å². The molecule has 5 N–H and O–H groups in total. The molecule has 0 saturated heterocycles. The van der Waals surface area contributed by atoms with Crippen LogP contribution in [-0.2, 0) is 30.3 Å². The lowest BCUT2D eigenvalue weighted by Gasteiger charge is -2.23. The third kappa shape index (κ3) is 8.04. The van der Waals surface area contributed by atoms with Gasteiger partial charge in [0.05, 0.1) is 13.0 Å². The van der Waals surface area contributed by atoms with E-state index in [1.54, 1.807) is 38.1 Å². The van der Waals surface area contributed by atoms with Gasteiger partial charge in [0, 0.05) is 24.8 Å². The molecule has 0 radical (unpaired) electrons. The summed E-state index contributed by atoms with van der Waals surface area (Å²) in [5.41, 5.74) is 2.08. The van der Waals surface area contributed by atoms with Crippen molar-refractivity contribution in [2.24, 2.45) is 5.92 Å². The van der Waals surface area contributed by atoms with Crippen molar-refractivity contribution in [3.63, 3.8) is 0 Å². The lowest BCUT2D eigenvalue weighted by molar-refractivity contribution is -0.140. The normalized spacial score (nSPS) is 21.1. The predicted molar refractivity (Wildman–Crippen MR) is 148 cm³/mol. The second-order valence-electron chi connectivity index (χ2n) is 9.71. The van der Waals surface area contributed by atoms with Gasteiger partial charge >= 0.3 is 5.97 Å². The van der Waals surface area contributed by atoms with Crippen molar-refractivity contribution in [3.05, 3.63) is 71.2 Å². The van der Waals surface area contributed by atoms with E-state index < -0.39 is 48.3 Å². The highest BCUT2D eigenvalue weighted by molar-refractivity contribution is 6.00. The third-order valence-electron chi connectivity index (χ3n) is 6.54. The van der Waals surface area contributed by atoms with Crippen LogP contribution in [-0.4, -0.2) is 61.8 Å². The van der Waals surface area contributed by atoms with Crippen LogP contribution in [0.3, 0.4) is 0 Å². The molecule has 0 spiro atoms. The molecule has 2 aromatic rings. The van der Waals surface area contributed by atoms with E-state index in [1.165, 1.54) is 19.2 Å². The second-order valence-corrected chi connectivity index (χ2v) is 9.71. The van der Waals surface area contributed by atoms with E-state index in [4.69, 9.17) is 9.84 Å². The van der Waals surface area contributed by atoms with Crippen molar-refractivity contribution in [1.82, 2.24) is 16.0 Å². The number of halogens is 1. The Kier molecular flexibility index (Phi) is 10.8. The molecule has 11 nitrogen and oxygen atoms in total. The largest absolute Gasteiger partial charge is 0.469 e. The maximum absolute atomic E-state index is 13.5. The molecule has 1 unspecified atom stereocenters.